The summed E-state index contributed by atoms with van der Waals surface area (Å²) in [5, 5.41) is 13.4. The molecule has 0 spiro atoms. The van der Waals surface area contributed by atoms with E-state index in [1.165, 1.54) is 9.08 Å². The first-order chi connectivity index (χ1) is 11.4. The van der Waals surface area contributed by atoms with E-state index in [1.54, 1.807) is 17.9 Å². The van der Waals surface area contributed by atoms with E-state index < -0.39 is 5.97 Å². The average molecular weight is 330 g/mol. The number of carbonyl (C=O) groups excluding carboxylic acids is 1. The monoisotopic (exact) mass is 330 g/mol. The molecule has 2 aromatic rings. The number of nitrogens with zero attached hydrogens (tertiary/aromatic N) is 4. The predicted molar refractivity (Wildman–Crippen MR) is 83.9 cm³/mol. The lowest BCUT2D eigenvalue weighted by molar-refractivity contribution is -0.137. The number of carboxylic acids is 1. The zero-order valence-electron chi connectivity index (χ0n) is 13.5. The molecule has 0 aromatic carbocycles. The molecule has 1 atom stereocenters. The molecule has 1 saturated carbocycles. The lowest BCUT2D eigenvalue weighted by Gasteiger charge is -2.23. The van der Waals surface area contributed by atoms with Crippen molar-refractivity contribution in [2.45, 2.75) is 45.8 Å². The summed E-state index contributed by atoms with van der Waals surface area (Å²) in [5.74, 6) is -0.857. The second-order valence-electron chi connectivity index (χ2n) is 6.68. The third-order valence-corrected chi connectivity index (χ3v) is 4.98. The van der Waals surface area contributed by atoms with Crippen LogP contribution in [-0.4, -0.2) is 42.1 Å². The van der Waals surface area contributed by atoms with Crippen molar-refractivity contribution in [1.29, 1.82) is 0 Å². The number of aromatic nitrogens is 3. The van der Waals surface area contributed by atoms with Crippen LogP contribution in [0.5, 0.6) is 0 Å². The molecule has 1 amide bonds. The standard InChI is InChI=1S/C16H18N4O4/c1-8-5-12-19(7-13(21)22)14-11(15(23)20(12)17-8)6-18(16(14)24)9(2)10-3-4-10/h5,9-10H,3-4,6-7H2,1-2H3,(H,21,22)/t9-/m1/s1. The smallest absolute Gasteiger partial charge is 0.323 e. The van der Waals surface area contributed by atoms with E-state index >= 15 is 0 Å². The maximum Gasteiger partial charge on any atom is 0.323 e. The Hall–Kier alpha value is -2.64. The van der Waals surface area contributed by atoms with E-state index in [9.17, 15) is 19.5 Å². The van der Waals surface area contributed by atoms with Gasteiger partial charge in [0.05, 0.1) is 17.8 Å². The first-order valence-corrected chi connectivity index (χ1v) is 8.03. The van der Waals surface area contributed by atoms with Gasteiger partial charge in [-0.1, -0.05) is 0 Å². The van der Waals surface area contributed by atoms with Crippen LogP contribution >= 0.6 is 0 Å². The Kier molecular flexibility index (Phi) is 3.06. The molecule has 1 aliphatic carbocycles. The molecule has 3 heterocycles. The van der Waals surface area contributed by atoms with Crippen molar-refractivity contribution in [1.82, 2.24) is 19.1 Å². The van der Waals surface area contributed by atoms with Crippen LogP contribution in [0.1, 0.15) is 41.5 Å². The zero-order valence-corrected chi connectivity index (χ0v) is 13.5. The van der Waals surface area contributed by atoms with E-state index in [0.717, 1.165) is 12.8 Å². The maximum absolute atomic E-state index is 12.9. The minimum Gasteiger partial charge on any atom is -0.480 e. The number of amides is 1. The van der Waals surface area contributed by atoms with Gasteiger partial charge in [0.1, 0.15) is 17.9 Å². The summed E-state index contributed by atoms with van der Waals surface area (Å²) >= 11 is 0. The summed E-state index contributed by atoms with van der Waals surface area (Å²) in [6, 6.07) is 1.68. The lowest BCUT2D eigenvalue weighted by atomic mass is 10.2. The van der Waals surface area contributed by atoms with Gasteiger partial charge in [0, 0.05) is 12.1 Å². The molecule has 126 valence electrons. The Morgan fingerprint density at radius 1 is 1.42 bits per heavy atom. The highest BCUT2D eigenvalue weighted by Crippen LogP contribution is 2.38. The quantitative estimate of drug-likeness (QED) is 0.887. The Balaban J connectivity index is 1.93. The second kappa shape index (κ2) is 4.93. The van der Waals surface area contributed by atoms with Crippen LogP contribution in [0.2, 0.25) is 0 Å². The van der Waals surface area contributed by atoms with Gasteiger partial charge in [0.2, 0.25) is 0 Å². The molecule has 0 unspecified atom stereocenters. The Morgan fingerprint density at radius 2 is 2.12 bits per heavy atom. The molecule has 0 radical (unpaired) electrons. The SMILES string of the molecule is Cc1cc2n(CC(=O)O)c3c(c(=O)n2n1)CN([C@H](C)C1CC1)C3=O. The molecule has 4 rings (SSSR count). The first kappa shape index (κ1) is 14.9. The topological polar surface area (TPSA) is 96.9 Å². The first-order valence-electron chi connectivity index (χ1n) is 8.03. The van der Waals surface area contributed by atoms with Gasteiger partial charge < -0.3 is 14.6 Å². The Labute approximate surface area is 137 Å². The van der Waals surface area contributed by atoms with Crippen LogP contribution in [0.3, 0.4) is 0 Å². The Morgan fingerprint density at radius 3 is 2.75 bits per heavy atom. The molecular formula is C16H18N4O4. The number of fused-ring (bicyclic) bond motifs is 2. The number of aryl methyl sites for hydroxylation is 1. The number of carbonyl (C=O) groups is 2. The van der Waals surface area contributed by atoms with Crippen molar-refractivity contribution < 1.29 is 14.7 Å². The fourth-order valence-electron chi connectivity index (χ4n) is 3.56. The molecule has 8 heteroatoms. The van der Waals surface area contributed by atoms with E-state index in [4.69, 9.17) is 0 Å². The van der Waals surface area contributed by atoms with Gasteiger partial charge in [-0.2, -0.15) is 9.61 Å². The molecule has 24 heavy (non-hydrogen) atoms. The van der Waals surface area contributed by atoms with Gasteiger partial charge in [0.25, 0.3) is 11.5 Å². The van der Waals surface area contributed by atoms with E-state index in [-0.39, 0.29) is 36.3 Å². The van der Waals surface area contributed by atoms with Crippen molar-refractivity contribution in [3.05, 3.63) is 33.4 Å². The molecule has 2 aliphatic rings. The van der Waals surface area contributed by atoms with Crippen molar-refractivity contribution in [3.8, 4) is 0 Å². The van der Waals surface area contributed by atoms with Crippen molar-refractivity contribution in [2.75, 3.05) is 0 Å². The van der Waals surface area contributed by atoms with Gasteiger partial charge in [-0.05, 0) is 32.6 Å². The summed E-state index contributed by atoms with van der Waals surface area (Å²) in [5.41, 5.74) is 1.14. The molecular weight excluding hydrogens is 312 g/mol. The highest BCUT2D eigenvalue weighted by Gasteiger charge is 2.41. The van der Waals surface area contributed by atoms with Gasteiger partial charge in [-0.15, -0.1) is 0 Å². The largest absolute Gasteiger partial charge is 0.480 e. The van der Waals surface area contributed by atoms with Crippen LogP contribution in [0.15, 0.2) is 10.9 Å². The number of carboxylic acid groups (broad SMARTS) is 1. The fourth-order valence-corrected chi connectivity index (χ4v) is 3.56. The van der Waals surface area contributed by atoms with Crippen LogP contribution in [0, 0.1) is 12.8 Å². The van der Waals surface area contributed by atoms with Crippen LogP contribution in [0.25, 0.3) is 5.65 Å². The molecule has 0 bridgehead atoms. The Bertz CT molecular complexity index is 938. The third kappa shape index (κ3) is 2.05. The lowest BCUT2D eigenvalue weighted by Crippen LogP contribution is -2.35. The predicted octanol–water partition coefficient (Wildman–Crippen LogP) is 0.643. The van der Waals surface area contributed by atoms with Crippen LogP contribution in [-0.2, 0) is 17.9 Å². The van der Waals surface area contributed by atoms with Gasteiger partial charge in [-0.25, -0.2) is 0 Å². The second-order valence-corrected chi connectivity index (χ2v) is 6.68. The van der Waals surface area contributed by atoms with Gasteiger partial charge in [0.15, 0.2) is 0 Å². The minimum atomic E-state index is -1.07. The highest BCUT2D eigenvalue weighted by molar-refractivity contribution is 5.97. The number of hydrogen-bond donors (Lipinski definition) is 1. The third-order valence-electron chi connectivity index (χ3n) is 4.98. The number of aliphatic carboxylic acids is 1. The van der Waals surface area contributed by atoms with E-state index in [0.29, 0.717) is 22.8 Å². The summed E-state index contributed by atoms with van der Waals surface area (Å²) in [6.45, 7) is 3.56. The summed E-state index contributed by atoms with van der Waals surface area (Å²) in [4.78, 5) is 38.6. The normalized spacial score (nSPS) is 18.2. The summed E-state index contributed by atoms with van der Waals surface area (Å²) in [7, 11) is 0. The maximum atomic E-state index is 12.9. The minimum absolute atomic E-state index is 0.0524. The molecule has 1 aliphatic heterocycles. The van der Waals surface area contributed by atoms with Crippen molar-refractivity contribution >= 4 is 17.5 Å². The molecule has 1 fully saturated rings. The average Bonchev–Trinajstić information content (AvgIpc) is 3.20. The number of hydrogen-bond acceptors (Lipinski definition) is 4. The van der Waals surface area contributed by atoms with Gasteiger partial charge in [-0.3, -0.25) is 14.4 Å². The van der Waals surface area contributed by atoms with E-state index in [1.807, 2.05) is 6.92 Å². The van der Waals surface area contributed by atoms with Gasteiger partial charge >= 0.3 is 5.97 Å². The van der Waals surface area contributed by atoms with Crippen LogP contribution < -0.4 is 5.56 Å². The molecule has 0 saturated heterocycles. The highest BCUT2D eigenvalue weighted by atomic mass is 16.4. The van der Waals surface area contributed by atoms with Crippen LogP contribution in [0.4, 0.5) is 0 Å². The molecule has 8 nitrogen and oxygen atoms in total. The van der Waals surface area contributed by atoms with Crippen molar-refractivity contribution in [3.63, 3.8) is 0 Å². The molecule has 1 N–H and O–H groups in total. The molecule has 2 aromatic heterocycles. The summed E-state index contributed by atoms with van der Waals surface area (Å²) in [6.07, 6.45) is 2.17. The summed E-state index contributed by atoms with van der Waals surface area (Å²) < 4.78 is 2.61. The fraction of sp³-hybridized carbons (Fsp3) is 0.500. The zero-order chi connectivity index (χ0) is 17.2. The van der Waals surface area contributed by atoms with E-state index in [2.05, 4.69) is 5.10 Å². The van der Waals surface area contributed by atoms with Crippen molar-refractivity contribution in [2.24, 2.45) is 5.92 Å². The number of rotatable bonds is 4.